The van der Waals surface area contributed by atoms with E-state index in [1.165, 1.54) is 0 Å². The summed E-state index contributed by atoms with van der Waals surface area (Å²) in [4.78, 5) is 47.5. The Labute approximate surface area is 284 Å². The second-order valence-electron chi connectivity index (χ2n) is 13.1. The Bertz CT molecular complexity index is 1530. The Morgan fingerprint density at radius 3 is 1.98 bits per heavy atom. The predicted octanol–water partition coefficient (Wildman–Crippen LogP) is 4.24. The van der Waals surface area contributed by atoms with Crippen LogP contribution in [-0.4, -0.2) is 112 Å². The first-order chi connectivity index (χ1) is 22.4. The lowest BCUT2D eigenvalue weighted by atomic mass is 9.94. The molecule has 5 rings (SSSR count). The van der Waals surface area contributed by atoms with Gasteiger partial charge in [-0.3, -0.25) is 14.4 Å². The van der Waals surface area contributed by atoms with Crippen LogP contribution in [0, 0.1) is 12.8 Å². The smallest absolute Gasteiger partial charge is 0.230 e. The van der Waals surface area contributed by atoms with Crippen LogP contribution >= 0.6 is 11.6 Å². The number of nitrogens with zero attached hydrogens (tertiary/aromatic N) is 5. The van der Waals surface area contributed by atoms with Crippen LogP contribution in [0.15, 0.2) is 47.4 Å². The third-order valence-electron chi connectivity index (χ3n) is 10.1. The van der Waals surface area contributed by atoms with Crippen LogP contribution in [0.1, 0.15) is 51.5 Å². The maximum absolute atomic E-state index is 13.8. The van der Waals surface area contributed by atoms with Gasteiger partial charge in [-0.1, -0.05) is 17.7 Å². The molecule has 12 heteroatoms. The lowest BCUT2D eigenvalue weighted by molar-refractivity contribution is -0.133. The van der Waals surface area contributed by atoms with Crippen molar-refractivity contribution in [2.45, 2.75) is 63.0 Å². The topological polar surface area (TPSA) is 102 Å². The number of benzene rings is 2. The summed E-state index contributed by atoms with van der Waals surface area (Å²) in [6, 6.07) is 12.9. The van der Waals surface area contributed by atoms with Crippen LogP contribution in [0.2, 0.25) is 5.02 Å². The summed E-state index contributed by atoms with van der Waals surface area (Å²) in [7, 11) is -3.45. The molecule has 0 spiro atoms. The summed E-state index contributed by atoms with van der Waals surface area (Å²) < 4.78 is 27.1. The number of aryl methyl sites for hydroxylation is 1. The average Bonchev–Trinajstić information content (AvgIpc) is 3.08. The Morgan fingerprint density at radius 2 is 1.40 bits per heavy atom. The molecule has 0 N–H and O–H groups in total. The van der Waals surface area contributed by atoms with E-state index in [1.807, 2.05) is 47.1 Å². The minimum absolute atomic E-state index is 0.0459. The molecule has 3 amide bonds. The van der Waals surface area contributed by atoms with Crippen LogP contribution in [0.25, 0.3) is 0 Å². The summed E-state index contributed by atoms with van der Waals surface area (Å²) in [5, 5.41) is 0.203. The molecule has 0 saturated carbocycles. The SMILES string of the molecule is CC(=O)N1CCC(C(=O)N(CCCN2CCC(S(=O)(=O)c3ccc(N4CCN(C(C)=O)CC4)cc3)CC2)c2ccc(C)c(Cl)c2)CC1. The number of rotatable bonds is 9. The zero-order valence-electron chi connectivity index (χ0n) is 27.9. The minimum Gasteiger partial charge on any atom is -0.368 e. The van der Waals surface area contributed by atoms with Gasteiger partial charge in [0.2, 0.25) is 17.7 Å². The second kappa shape index (κ2) is 15.4. The summed E-state index contributed by atoms with van der Waals surface area (Å²) in [6.45, 7) is 11.8. The van der Waals surface area contributed by atoms with Crippen LogP contribution in [0.5, 0.6) is 0 Å². The van der Waals surface area contributed by atoms with Gasteiger partial charge in [-0.05, 0) is 101 Å². The number of carbonyl (C=O) groups excluding carboxylic acids is 3. The molecule has 2 aromatic rings. The maximum atomic E-state index is 13.8. The number of piperazine rings is 1. The highest BCUT2D eigenvalue weighted by Crippen LogP contribution is 2.29. The highest BCUT2D eigenvalue weighted by molar-refractivity contribution is 7.92. The molecule has 3 aliphatic rings. The number of carbonyl (C=O) groups is 3. The van der Waals surface area contributed by atoms with E-state index in [-0.39, 0.29) is 23.6 Å². The summed E-state index contributed by atoms with van der Waals surface area (Å²) >= 11 is 6.46. The van der Waals surface area contributed by atoms with E-state index in [0.29, 0.717) is 81.4 Å². The fourth-order valence-corrected chi connectivity index (χ4v) is 8.90. The third-order valence-corrected chi connectivity index (χ3v) is 12.8. The molecule has 3 aliphatic heterocycles. The first-order valence-electron chi connectivity index (χ1n) is 16.8. The summed E-state index contributed by atoms with van der Waals surface area (Å²) in [5.74, 6) is 0.0603. The fourth-order valence-electron chi connectivity index (χ4n) is 6.99. The largest absolute Gasteiger partial charge is 0.368 e. The van der Waals surface area contributed by atoms with Gasteiger partial charge in [0.15, 0.2) is 9.84 Å². The van der Waals surface area contributed by atoms with E-state index in [1.54, 1.807) is 30.9 Å². The van der Waals surface area contributed by atoms with Crippen LogP contribution < -0.4 is 9.80 Å². The summed E-state index contributed by atoms with van der Waals surface area (Å²) in [6.07, 6.45) is 3.20. The third kappa shape index (κ3) is 8.48. The van der Waals surface area contributed by atoms with Crippen molar-refractivity contribution < 1.29 is 22.8 Å². The van der Waals surface area contributed by atoms with E-state index in [4.69, 9.17) is 11.6 Å². The van der Waals surface area contributed by atoms with Crippen molar-refractivity contribution in [2.75, 3.05) is 75.2 Å². The van der Waals surface area contributed by atoms with E-state index in [0.717, 1.165) is 43.0 Å². The monoisotopic (exact) mass is 685 g/mol. The average molecular weight is 686 g/mol. The molecular weight excluding hydrogens is 638 g/mol. The fraction of sp³-hybridized carbons (Fsp3) is 0.571. The molecule has 256 valence electrons. The molecule has 0 unspecified atom stereocenters. The van der Waals surface area contributed by atoms with Crippen molar-refractivity contribution in [3.8, 4) is 0 Å². The highest BCUT2D eigenvalue weighted by Gasteiger charge is 2.33. The van der Waals surface area contributed by atoms with Gasteiger partial charge in [-0.2, -0.15) is 0 Å². The van der Waals surface area contributed by atoms with Gasteiger partial charge in [0.1, 0.15) is 0 Å². The molecular formula is C35H48ClN5O5S. The number of sulfone groups is 1. The zero-order valence-corrected chi connectivity index (χ0v) is 29.4. The lowest BCUT2D eigenvalue weighted by Gasteiger charge is -2.36. The molecule has 0 aromatic heterocycles. The second-order valence-corrected chi connectivity index (χ2v) is 15.8. The Kier molecular flexibility index (Phi) is 11.5. The standard InChI is InChI=1S/C35H48ClN5O5S/c1-26-5-6-31(25-34(26)36)41(35(44)29-11-19-38(20-12-29)27(2)42)16-4-15-37-17-13-33(14-18-37)47(45,46)32-9-7-30(8-10-32)40-23-21-39(22-24-40)28(3)43/h5-10,25,29,33H,4,11-24H2,1-3H3. The molecule has 2 aromatic carbocycles. The van der Waals surface area contributed by atoms with Gasteiger partial charge in [0.05, 0.1) is 10.1 Å². The molecule has 10 nitrogen and oxygen atoms in total. The molecule has 3 saturated heterocycles. The number of hydrogen-bond acceptors (Lipinski definition) is 7. The van der Waals surface area contributed by atoms with Crippen molar-refractivity contribution >= 4 is 50.5 Å². The molecule has 0 bridgehead atoms. The number of likely N-dealkylation sites (tertiary alicyclic amines) is 2. The van der Waals surface area contributed by atoms with Gasteiger partial charge in [0.25, 0.3) is 0 Å². The minimum atomic E-state index is -3.45. The Hall–Kier alpha value is -3.15. The van der Waals surface area contributed by atoms with Gasteiger partial charge in [-0.15, -0.1) is 0 Å². The van der Waals surface area contributed by atoms with Crippen molar-refractivity contribution in [1.29, 1.82) is 0 Å². The van der Waals surface area contributed by atoms with Crippen LogP contribution in [0.4, 0.5) is 11.4 Å². The lowest BCUT2D eigenvalue weighted by Crippen LogP contribution is -2.48. The molecule has 3 heterocycles. The molecule has 0 aliphatic carbocycles. The van der Waals surface area contributed by atoms with E-state index in [9.17, 15) is 22.8 Å². The first-order valence-corrected chi connectivity index (χ1v) is 18.8. The maximum Gasteiger partial charge on any atom is 0.230 e. The zero-order chi connectivity index (χ0) is 33.7. The normalized spacial score (nSPS) is 18.8. The van der Waals surface area contributed by atoms with Gasteiger partial charge in [-0.25, -0.2) is 8.42 Å². The van der Waals surface area contributed by atoms with Gasteiger partial charge in [0, 0.05) is 82.0 Å². The number of halogens is 1. The van der Waals surface area contributed by atoms with Gasteiger partial charge < -0.3 is 24.5 Å². The van der Waals surface area contributed by atoms with Crippen molar-refractivity contribution in [1.82, 2.24) is 14.7 Å². The van der Waals surface area contributed by atoms with E-state index < -0.39 is 15.1 Å². The van der Waals surface area contributed by atoms with Crippen molar-refractivity contribution in [3.05, 3.63) is 53.1 Å². The number of anilines is 2. The number of hydrogen-bond donors (Lipinski definition) is 0. The first kappa shape index (κ1) is 35.2. The summed E-state index contributed by atoms with van der Waals surface area (Å²) in [5.41, 5.74) is 2.72. The quantitative estimate of drug-likeness (QED) is 0.389. The highest BCUT2D eigenvalue weighted by atomic mass is 35.5. The number of amides is 3. The molecule has 3 fully saturated rings. The molecule has 0 radical (unpaired) electrons. The van der Waals surface area contributed by atoms with Crippen LogP contribution in [0.3, 0.4) is 0 Å². The predicted molar refractivity (Wildman–Crippen MR) is 186 cm³/mol. The molecule has 0 atom stereocenters. The van der Waals surface area contributed by atoms with Crippen LogP contribution in [-0.2, 0) is 24.2 Å². The van der Waals surface area contributed by atoms with Crippen molar-refractivity contribution in [3.63, 3.8) is 0 Å². The van der Waals surface area contributed by atoms with E-state index >= 15 is 0 Å². The Morgan fingerprint density at radius 1 is 0.809 bits per heavy atom. The number of piperidine rings is 2. The van der Waals surface area contributed by atoms with Crippen molar-refractivity contribution in [2.24, 2.45) is 5.92 Å². The Balaban J connectivity index is 1.13. The molecule has 47 heavy (non-hydrogen) atoms. The van der Waals surface area contributed by atoms with Gasteiger partial charge >= 0.3 is 0 Å². The van der Waals surface area contributed by atoms with E-state index in [2.05, 4.69) is 9.80 Å².